The number of pyridine rings is 1. The Kier molecular flexibility index (Phi) is 3.06. The molecular weight excluding hydrogens is 242 g/mol. The van der Waals surface area contributed by atoms with Crippen LogP contribution in [0.15, 0.2) is 17.1 Å². The molecule has 0 fully saturated rings. The van der Waals surface area contributed by atoms with Crippen molar-refractivity contribution in [3.8, 4) is 0 Å². The Balaban J connectivity index is 2.61. The normalized spacial score (nSPS) is 10.4. The lowest BCUT2D eigenvalue weighted by Crippen LogP contribution is -2.17. The number of nitrogens with one attached hydrogen (secondary N) is 1. The number of carbonyl (C=O) groups is 2. The molecule has 2 heterocycles. The molecule has 0 bridgehead atoms. The Morgan fingerprint density at radius 1 is 1.59 bits per heavy atom. The molecule has 88 valence electrons. The standard InChI is InChI=1S/C11H9NO4S/c1-2-16-11(15)8-4-12-10-7(9(8)14)3-6(5-13)17-10/h3-5H,2H2,1H3,(H,12,14). The number of esters is 1. The molecule has 0 aromatic carbocycles. The molecule has 2 aromatic rings. The molecular formula is C11H9NO4S. The fraction of sp³-hybridized carbons (Fsp3) is 0.182. The Labute approximate surface area is 100 Å². The zero-order valence-electron chi connectivity index (χ0n) is 8.98. The van der Waals surface area contributed by atoms with Crippen LogP contribution < -0.4 is 5.43 Å². The van der Waals surface area contributed by atoms with Gasteiger partial charge in [-0.2, -0.15) is 0 Å². The third kappa shape index (κ3) is 1.99. The number of hydrogen-bond donors (Lipinski definition) is 1. The van der Waals surface area contributed by atoms with E-state index in [0.717, 1.165) is 0 Å². The zero-order valence-corrected chi connectivity index (χ0v) is 9.80. The predicted octanol–water partition coefficient (Wildman–Crippen LogP) is 1.58. The highest BCUT2D eigenvalue weighted by Gasteiger charge is 2.15. The maximum absolute atomic E-state index is 11.9. The summed E-state index contributed by atoms with van der Waals surface area (Å²) in [6, 6.07) is 1.47. The summed E-state index contributed by atoms with van der Waals surface area (Å²) in [7, 11) is 0. The van der Waals surface area contributed by atoms with Crippen molar-refractivity contribution in [2.24, 2.45) is 0 Å². The first kappa shape index (κ1) is 11.5. The molecule has 0 amide bonds. The Bertz CT molecular complexity index is 640. The second-order valence-corrected chi connectivity index (χ2v) is 4.35. The number of hydrogen-bond acceptors (Lipinski definition) is 5. The van der Waals surface area contributed by atoms with E-state index < -0.39 is 11.4 Å². The summed E-state index contributed by atoms with van der Waals surface area (Å²) in [6.45, 7) is 1.87. The van der Waals surface area contributed by atoms with Crippen LogP contribution in [0.4, 0.5) is 0 Å². The molecule has 0 radical (unpaired) electrons. The first-order valence-corrected chi connectivity index (χ1v) is 5.76. The van der Waals surface area contributed by atoms with Gasteiger partial charge in [0.05, 0.1) is 16.9 Å². The molecule has 0 aliphatic heterocycles. The quantitative estimate of drug-likeness (QED) is 0.663. The van der Waals surface area contributed by atoms with Crippen molar-refractivity contribution in [2.45, 2.75) is 6.92 Å². The lowest BCUT2D eigenvalue weighted by atomic mass is 10.2. The van der Waals surface area contributed by atoms with Gasteiger partial charge in [0.1, 0.15) is 10.4 Å². The minimum Gasteiger partial charge on any atom is -0.462 e. The van der Waals surface area contributed by atoms with Gasteiger partial charge in [0, 0.05) is 6.20 Å². The zero-order chi connectivity index (χ0) is 12.4. The predicted molar refractivity (Wildman–Crippen MR) is 63.8 cm³/mol. The number of carbonyl (C=O) groups excluding carboxylic acids is 2. The molecule has 6 heteroatoms. The van der Waals surface area contributed by atoms with Gasteiger partial charge in [-0.05, 0) is 13.0 Å². The summed E-state index contributed by atoms with van der Waals surface area (Å²) in [6.07, 6.45) is 1.98. The smallest absolute Gasteiger partial charge is 0.343 e. The van der Waals surface area contributed by atoms with Crippen LogP contribution in [0.25, 0.3) is 10.2 Å². The average Bonchev–Trinajstić information content (AvgIpc) is 2.73. The maximum Gasteiger partial charge on any atom is 0.343 e. The number of rotatable bonds is 3. The van der Waals surface area contributed by atoms with E-state index in [1.807, 2.05) is 0 Å². The monoisotopic (exact) mass is 251 g/mol. The van der Waals surface area contributed by atoms with Crippen LogP contribution >= 0.6 is 11.3 Å². The molecule has 0 aliphatic carbocycles. The van der Waals surface area contributed by atoms with E-state index in [2.05, 4.69) is 4.98 Å². The van der Waals surface area contributed by atoms with E-state index in [-0.39, 0.29) is 12.2 Å². The van der Waals surface area contributed by atoms with Crippen molar-refractivity contribution in [2.75, 3.05) is 6.61 Å². The molecule has 0 aliphatic rings. The number of fused-ring (bicyclic) bond motifs is 1. The molecule has 0 saturated carbocycles. The SMILES string of the molecule is CCOC(=O)c1c[nH]c2sc(C=O)cc2c1=O. The number of thiophene rings is 1. The van der Waals surface area contributed by atoms with Crippen LogP contribution in [0.3, 0.4) is 0 Å². The molecule has 2 rings (SSSR count). The molecule has 0 saturated heterocycles. The van der Waals surface area contributed by atoms with Crippen molar-refractivity contribution in [3.63, 3.8) is 0 Å². The van der Waals surface area contributed by atoms with Crippen LogP contribution in [0.1, 0.15) is 27.0 Å². The van der Waals surface area contributed by atoms with E-state index in [4.69, 9.17) is 4.74 Å². The first-order valence-electron chi connectivity index (χ1n) is 4.95. The van der Waals surface area contributed by atoms with Crippen molar-refractivity contribution in [1.29, 1.82) is 0 Å². The van der Waals surface area contributed by atoms with Crippen molar-refractivity contribution in [3.05, 3.63) is 32.9 Å². The minimum atomic E-state index is -0.658. The molecule has 17 heavy (non-hydrogen) atoms. The van der Waals surface area contributed by atoms with Crippen LogP contribution in [0, 0.1) is 0 Å². The highest BCUT2D eigenvalue weighted by molar-refractivity contribution is 7.20. The van der Waals surface area contributed by atoms with Gasteiger partial charge in [-0.1, -0.05) is 0 Å². The maximum atomic E-state index is 11.9. The fourth-order valence-corrected chi connectivity index (χ4v) is 2.29. The molecule has 0 atom stereocenters. The Morgan fingerprint density at radius 2 is 2.35 bits per heavy atom. The number of aldehydes is 1. The van der Waals surface area contributed by atoms with Crippen LogP contribution in [-0.4, -0.2) is 23.8 Å². The summed E-state index contributed by atoms with van der Waals surface area (Å²) in [5.41, 5.74) is -0.462. The Hall–Kier alpha value is -1.95. The number of aromatic nitrogens is 1. The topological polar surface area (TPSA) is 76.2 Å². The Morgan fingerprint density at radius 3 is 3.00 bits per heavy atom. The summed E-state index contributed by atoms with van der Waals surface area (Å²) in [5, 5.41) is 0.336. The van der Waals surface area contributed by atoms with Gasteiger partial charge in [-0.25, -0.2) is 4.79 Å². The lowest BCUT2D eigenvalue weighted by molar-refractivity contribution is 0.0524. The van der Waals surface area contributed by atoms with Crippen molar-refractivity contribution < 1.29 is 14.3 Å². The molecule has 0 spiro atoms. The highest BCUT2D eigenvalue weighted by atomic mass is 32.1. The van der Waals surface area contributed by atoms with Gasteiger partial charge >= 0.3 is 5.97 Å². The van der Waals surface area contributed by atoms with E-state index in [9.17, 15) is 14.4 Å². The lowest BCUT2D eigenvalue weighted by Gasteiger charge is -2.00. The molecule has 0 unspecified atom stereocenters. The van der Waals surface area contributed by atoms with Gasteiger partial charge in [0.25, 0.3) is 0 Å². The van der Waals surface area contributed by atoms with E-state index in [0.29, 0.717) is 21.4 Å². The van der Waals surface area contributed by atoms with E-state index in [1.54, 1.807) is 6.92 Å². The number of ether oxygens (including phenoxy) is 1. The average molecular weight is 251 g/mol. The summed E-state index contributed by atoms with van der Waals surface area (Å²) < 4.78 is 4.77. The van der Waals surface area contributed by atoms with Gasteiger partial charge in [-0.15, -0.1) is 11.3 Å². The second kappa shape index (κ2) is 4.50. The summed E-state index contributed by atoms with van der Waals surface area (Å²) in [5.74, 6) is -0.658. The van der Waals surface area contributed by atoms with E-state index in [1.165, 1.54) is 23.6 Å². The molecule has 2 aromatic heterocycles. The fourth-order valence-electron chi connectivity index (χ4n) is 1.45. The summed E-state index contributed by atoms with van der Waals surface area (Å²) >= 11 is 1.17. The summed E-state index contributed by atoms with van der Waals surface area (Å²) in [4.78, 5) is 37.9. The van der Waals surface area contributed by atoms with Crippen molar-refractivity contribution in [1.82, 2.24) is 4.98 Å². The minimum absolute atomic E-state index is 0.0467. The third-order valence-electron chi connectivity index (χ3n) is 2.20. The van der Waals surface area contributed by atoms with Crippen LogP contribution in [-0.2, 0) is 4.74 Å². The van der Waals surface area contributed by atoms with E-state index >= 15 is 0 Å². The van der Waals surface area contributed by atoms with Crippen molar-refractivity contribution >= 4 is 33.8 Å². The largest absolute Gasteiger partial charge is 0.462 e. The second-order valence-electron chi connectivity index (χ2n) is 3.26. The number of H-pyrrole nitrogens is 1. The first-order chi connectivity index (χ1) is 8.17. The van der Waals surface area contributed by atoms with Gasteiger partial charge in [0.2, 0.25) is 5.43 Å². The van der Waals surface area contributed by atoms with Crippen LogP contribution in [0.2, 0.25) is 0 Å². The van der Waals surface area contributed by atoms with Gasteiger partial charge in [0.15, 0.2) is 6.29 Å². The molecule has 5 nitrogen and oxygen atoms in total. The number of aromatic amines is 1. The van der Waals surface area contributed by atoms with Gasteiger partial charge in [-0.3, -0.25) is 9.59 Å². The third-order valence-corrected chi connectivity index (χ3v) is 3.19. The highest BCUT2D eigenvalue weighted by Crippen LogP contribution is 2.19. The molecule has 1 N–H and O–H groups in total. The van der Waals surface area contributed by atoms with Gasteiger partial charge < -0.3 is 9.72 Å². The van der Waals surface area contributed by atoms with Crippen LogP contribution in [0.5, 0.6) is 0 Å².